The van der Waals surface area contributed by atoms with Crippen LogP contribution >= 0.6 is 0 Å². The van der Waals surface area contributed by atoms with Gasteiger partial charge >= 0.3 is 0 Å². The first kappa shape index (κ1) is 24.3. The zero-order valence-electron chi connectivity index (χ0n) is 20.6. The van der Waals surface area contributed by atoms with Gasteiger partial charge in [-0.05, 0) is 64.3 Å². The van der Waals surface area contributed by atoms with Gasteiger partial charge in [-0.2, -0.15) is 0 Å². The van der Waals surface area contributed by atoms with E-state index in [2.05, 4.69) is 4.98 Å². The Kier molecular flexibility index (Phi) is 6.79. The number of Topliss-reactive ketones (excluding diaryl/α,β-unsaturated/α-hetero) is 1. The molecule has 1 saturated heterocycles. The van der Waals surface area contributed by atoms with Crippen molar-refractivity contribution in [2.45, 2.75) is 19.4 Å². The number of aliphatic hydroxyl groups is 1. The maximum Gasteiger partial charge on any atom is 0.295 e. The van der Waals surface area contributed by atoms with Crippen LogP contribution in [-0.4, -0.2) is 77.4 Å². The van der Waals surface area contributed by atoms with Crippen LogP contribution in [0.15, 0.2) is 48.2 Å². The van der Waals surface area contributed by atoms with Crippen molar-refractivity contribution in [1.82, 2.24) is 19.2 Å². The summed E-state index contributed by atoms with van der Waals surface area (Å²) in [6, 6.07) is 9.83. The first-order valence-electron chi connectivity index (χ1n) is 11.4. The Morgan fingerprint density at radius 2 is 1.91 bits per heavy atom. The number of hydrogen-bond donors (Lipinski definition) is 1. The molecule has 0 aliphatic carbocycles. The Balaban J connectivity index is 1.95. The third-order valence-corrected chi connectivity index (χ3v) is 6.20. The third-order valence-electron chi connectivity index (χ3n) is 6.20. The van der Waals surface area contributed by atoms with Gasteiger partial charge in [-0.15, -0.1) is 0 Å². The van der Waals surface area contributed by atoms with Crippen molar-refractivity contribution in [1.29, 1.82) is 0 Å². The van der Waals surface area contributed by atoms with Crippen molar-refractivity contribution >= 4 is 23.1 Å². The van der Waals surface area contributed by atoms with Gasteiger partial charge in [-0.1, -0.05) is 6.07 Å². The van der Waals surface area contributed by atoms with E-state index in [0.29, 0.717) is 47.1 Å². The molecule has 0 bridgehead atoms. The maximum atomic E-state index is 13.4. The Labute approximate surface area is 204 Å². The Hall–Kier alpha value is -3.85. The molecule has 1 N–H and O–H groups in total. The van der Waals surface area contributed by atoms with E-state index in [1.54, 1.807) is 42.8 Å². The first-order valence-corrected chi connectivity index (χ1v) is 11.4. The number of imidazole rings is 1. The molecular formula is C26H30N4O5. The fourth-order valence-electron chi connectivity index (χ4n) is 4.57. The van der Waals surface area contributed by atoms with Gasteiger partial charge in [0, 0.05) is 18.3 Å². The summed E-state index contributed by atoms with van der Waals surface area (Å²) < 4.78 is 12.7. The smallest absolute Gasteiger partial charge is 0.295 e. The quantitative estimate of drug-likeness (QED) is 0.302. The molecule has 9 heteroatoms. The molecule has 3 heterocycles. The normalized spacial score (nSPS) is 17.5. The lowest BCUT2D eigenvalue weighted by Gasteiger charge is -2.27. The van der Waals surface area contributed by atoms with Crippen LogP contribution in [0, 0.1) is 6.92 Å². The highest BCUT2D eigenvalue weighted by Gasteiger charge is 2.47. The minimum absolute atomic E-state index is 0.000147. The average Bonchev–Trinajstić information content (AvgIpc) is 3.31. The van der Waals surface area contributed by atoms with Gasteiger partial charge in [0.25, 0.3) is 11.7 Å². The van der Waals surface area contributed by atoms with E-state index < -0.39 is 17.7 Å². The van der Waals surface area contributed by atoms with E-state index in [1.807, 2.05) is 37.2 Å². The molecule has 1 aliphatic rings. The van der Waals surface area contributed by atoms with Crippen LogP contribution in [0.3, 0.4) is 0 Å². The van der Waals surface area contributed by atoms with E-state index in [0.717, 1.165) is 6.54 Å². The number of pyridine rings is 1. The lowest BCUT2D eigenvalue weighted by molar-refractivity contribution is -0.140. The number of carbonyl (C=O) groups is 2. The van der Waals surface area contributed by atoms with Gasteiger partial charge in [0.05, 0.1) is 31.5 Å². The van der Waals surface area contributed by atoms with Crippen LogP contribution in [-0.2, 0) is 9.59 Å². The predicted molar refractivity (Wildman–Crippen MR) is 132 cm³/mol. The number of amides is 1. The fourth-order valence-corrected chi connectivity index (χ4v) is 4.57. The summed E-state index contributed by atoms with van der Waals surface area (Å²) in [5.41, 5.74) is 2.11. The molecular weight excluding hydrogens is 448 g/mol. The summed E-state index contributed by atoms with van der Waals surface area (Å²) in [5.74, 6) is -0.648. The van der Waals surface area contributed by atoms with Crippen LogP contribution in [0.25, 0.3) is 11.4 Å². The Morgan fingerprint density at radius 3 is 2.60 bits per heavy atom. The minimum atomic E-state index is -0.851. The molecule has 2 aromatic heterocycles. The third kappa shape index (κ3) is 4.35. The molecule has 184 valence electrons. The molecule has 9 nitrogen and oxygen atoms in total. The summed E-state index contributed by atoms with van der Waals surface area (Å²) in [6.07, 6.45) is 2.41. The monoisotopic (exact) mass is 478 g/mol. The minimum Gasteiger partial charge on any atom is -0.505 e. The lowest BCUT2D eigenvalue weighted by atomic mass is 9.95. The van der Waals surface area contributed by atoms with Gasteiger partial charge in [0.15, 0.2) is 5.76 Å². The molecule has 1 amide bonds. The summed E-state index contributed by atoms with van der Waals surface area (Å²) in [4.78, 5) is 34.7. The molecule has 1 aromatic carbocycles. The number of aliphatic hydroxyl groups excluding tert-OH is 1. The molecule has 3 aromatic rings. The summed E-state index contributed by atoms with van der Waals surface area (Å²) in [7, 11) is 6.97. The number of benzene rings is 1. The Bertz CT molecular complexity index is 1310. The standard InChI is InChI=1S/C26H30N4O5/c1-16-22(29-13-7-6-9-20(29)27-16)24(31)21-23(18-15-17(34-4)10-11-19(18)35-5)30(26(33)25(21)32)14-8-12-28(2)3/h6-7,9-11,13,15,23,31H,8,12,14H2,1-5H3/t23-/m1/s1. The average molecular weight is 479 g/mol. The highest BCUT2D eigenvalue weighted by atomic mass is 16.5. The van der Waals surface area contributed by atoms with E-state index in [1.165, 1.54) is 12.0 Å². The van der Waals surface area contributed by atoms with Crippen LogP contribution < -0.4 is 9.47 Å². The second-order valence-electron chi connectivity index (χ2n) is 8.73. The van der Waals surface area contributed by atoms with Crippen LogP contribution in [0.4, 0.5) is 0 Å². The fraction of sp³-hybridized carbons (Fsp3) is 0.346. The number of rotatable bonds is 8. The number of hydrogen-bond acceptors (Lipinski definition) is 7. The first-order chi connectivity index (χ1) is 16.8. The second-order valence-corrected chi connectivity index (χ2v) is 8.73. The maximum absolute atomic E-state index is 13.4. The molecule has 1 atom stereocenters. The molecule has 0 saturated carbocycles. The van der Waals surface area contributed by atoms with Gasteiger partial charge < -0.3 is 24.4 Å². The van der Waals surface area contributed by atoms with E-state index in [-0.39, 0.29) is 11.3 Å². The number of ketones is 1. The SMILES string of the molecule is COc1ccc(OC)c([C@@H]2C(=C(O)c3c(C)nc4ccccn34)C(=O)C(=O)N2CCCN(C)C)c1. The highest BCUT2D eigenvalue weighted by molar-refractivity contribution is 6.46. The van der Waals surface area contributed by atoms with Gasteiger partial charge in [-0.25, -0.2) is 4.98 Å². The Morgan fingerprint density at radius 1 is 1.14 bits per heavy atom. The number of nitrogens with zero attached hydrogens (tertiary/aromatic N) is 4. The number of methoxy groups -OCH3 is 2. The topological polar surface area (TPSA) is 96.6 Å². The van der Waals surface area contributed by atoms with Crippen molar-refractivity contribution in [2.24, 2.45) is 0 Å². The molecule has 1 fully saturated rings. The molecule has 35 heavy (non-hydrogen) atoms. The molecule has 4 rings (SSSR count). The van der Waals surface area contributed by atoms with E-state index in [9.17, 15) is 14.7 Å². The van der Waals surface area contributed by atoms with Crippen LogP contribution in [0.1, 0.15) is 29.4 Å². The number of ether oxygens (including phenoxy) is 2. The van der Waals surface area contributed by atoms with Gasteiger partial charge in [0.1, 0.15) is 22.8 Å². The van der Waals surface area contributed by atoms with Crippen molar-refractivity contribution in [2.75, 3.05) is 41.4 Å². The number of likely N-dealkylation sites (tertiary alicyclic amines) is 1. The van der Waals surface area contributed by atoms with Gasteiger partial charge in [-0.3, -0.25) is 14.0 Å². The molecule has 0 radical (unpaired) electrons. The van der Waals surface area contributed by atoms with Crippen molar-refractivity contribution in [3.8, 4) is 11.5 Å². The molecule has 0 spiro atoms. The lowest BCUT2D eigenvalue weighted by Crippen LogP contribution is -2.32. The summed E-state index contributed by atoms with van der Waals surface area (Å²) in [5, 5.41) is 11.6. The summed E-state index contributed by atoms with van der Waals surface area (Å²) >= 11 is 0. The van der Waals surface area contributed by atoms with Crippen LogP contribution in [0.2, 0.25) is 0 Å². The second kappa shape index (κ2) is 9.79. The summed E-state index contributed by atoms with van der Waals surface area (Å²) in [6.45, 7) is 2.82. The highest BCUT2D eigenvalue weighted by Crippen LogP contribution is 2.44. The van der Waals surface area contributed by atoms with E-state index in [4.69, 9.17) is 9.47 Å². The van der Waals surface area contributed by atoms with Crippen molar-refractivity contribution in [3.63, 3.8) is 0 Å². The van der Waals surface area contributed by atoms with E-state index >= 15 is 0 Å². The zero-order chi connectivity index (χ0) is 25.3. The number of aryl methyl sites for hydroxylation is 1. The molecule has 0 unspecified atom stereocenters. The number of fused-ring (bicyclic) bond motifs is 1. The van der Waals surface area contributed by atoms with Crippen molar-refractivity contribution < 1.29 is 24.2 Å². The van der Waals surface area contributed by atoms with Crippen LogP contribution in [0.5, 0.6) is 11.5 Å². The van der Waals surface area contributed by atoms with Gasteiger partial charge in [0.2, 0.25) is 0 Å². The number of carbonyl (C=O) groups excluding carboxylic acids is 2. The predicted octanol–water partition coefficient (Wildman–Crippen LogP) is 3.03. The van der Waals surface area contributed by atoms with Crippen molar-refractivity contribution in [3.05, 3.63) is 65.1 Å². The largest absolute Gasteiger partial charge is 0.505 e. The molecule has 1 aliphatic heterocycles. The number of aromatic nitrogens is 2. The zero-order valence-corrected chi connectivity index (χ0v) is 20.6.